The molecular formula is C11H16N2O2S. The number of benzene rings is 1. The normalized spacial score (nSPS) is 11.9. The van der Waals surface area contributed by atoms with Gasteiger partial charge in [-0.05, 0) is 24.1 Å². The third-order valence-electron chi connectivity index (χ3n) is 2.32. The lowest BCUT2D eigenvalue weighted by Gasteiger charge is -2.13. The Kier molecular flexibility index (Phi) is 5.14. The first-order chi connectivity index (χ1) is 7.71. The van der Waals surface area contributed by atoms with Gasteiger partial charge in [0.25, 0.3) is 0 Å². The predicted octanol–water partition coefficient (Wildman–Crippen LogP) is 1.25. The van der Waals surface area contributed by atoms with Crippen LogP contribution in [0.3, 0.4) is 0 Å². The highest BCUT2D eigenvalue weighted by Crippen LogP contribution is 2.11. The second kappa shape index (κ2) is 6.40. The molecule has 88 valence electrons. The van der Waals surface area contributed by atoms with Crippen molar-refractivity contribution in [2.75, 3.05) is 19.5 Å². The molecule has 16 heavy (non-hydrogen) atoms. The Balaban J connectivity index is 2.66. The lowest BCUT2D eigenvalue weighted by atomic mass is 10.1. The van der Waals surface area contributed by atoms with E-state index in [1.54, 1.807) is 0 Å². The summed E-state index contributed by atoms with van der Waals surface area (Å²) in [5.74, 6) is -0.312. The molecule has 1 unspecified atom stereocenters. The van der Waals surface area contributed by atoms with Gasteiger partial charge >= 0.3 is 5.97 Å². The van der Waals surface area contributed by atoms with Crippen molar-refractivity contribution in [2.45, 2.75) is 12.5 Å². The molecule has 0 fully saturated rings. The Morgan fingerprint density at radius 1 is 1.44 bits per heavy atom. The van der Waals surface area contributed by atoms with Gasteiger partial charge in [-0.2, -0.15) is 0 Å². The number of hydrogen-bond acceptors (Lipinski definition) is 5. The van der Waals surface area contributed by atoms with E-state index in [1.165, 1.54) is 7.11 Å². The maximum absolute atomic E-state index is 11.3. The van der Waals surface area contributed by atoms with Gasteiger partial charge < -0.3 is 10.1 Å². The fourth-order valence-corrected chi connectivity index (χ4v) is 1.56. The van der Waals surface area contributed by atoms with Crippen molar-refractivity contribution < 1.29 is 9.53 Å². The topological polar surface area (TPSA) is 50.4 Å². The molecule has 0 heterocycles. The van der Waals surface area contributed by atoms with E-state index in [4.69, 9.17) is 0 Å². The van der Waals surface area contributed by atoms with Crippen LogP contribution < -0.4 is 10.0 Å². The molecule has 1 atom stereocenters. The van der Waals surface area contributed by atoms with Crippen molar-refractivity contribution in [1.82, 2.24) is 4.72 Å². The fraction of sp³-hybridized carbons (Fsp3) is 0.364. The summed E-state index contributed by atoms with van der Waals surface area (Å²) in [5.41, 5.74) is 2.09. The molecule has 2 N–H and O–H groups in total. The van der Waals surface area contributed by atoms with Gasteiger partial charge in [-0.3, -0.25) is 9.52 Å². The first-order valence-corrected chi connectivity index (χ1v) is 5.40. The van der Waals surface area contributed by atoms with Gasteiger partial charge in [0, 0.05) is 12.7 Å². The van der Waals surface area contributed by atoms with Crippen LogP contribution in [0.5, 0.6) is 0 Å². The average Bonchev–Trinajstić information content (AvgIpc) is 2.35. The standard InChI is InChI=1S/C11H16N2O2S/c1-12-9-5-3-8(4-6-9)7-10(13-16)11(14)15-2/h3-6,10,12-13,16H,7H2,1-2H3. The Morgan fingerprint density at radius 2 is 2.06 bits per heavy atom. The molecule has 1 aromatic rings. The number of esters is 1. The minimum absolute atomic E-state index is 0.312. The number of methoxy groups -OCH3 is 1. The zero-order valence-electron chi connectivity index (χ0n) is 9.36. The van der Waals surface area contributed by atoms with E-state index in [2.05, 4.69) is 27.6 Å². The smallest absolute Gasteiger partial charge is 0.324 e. The first-order valence-electron chi connectivity index (χ1n) is 4.95. The van der Waals surface area contributed by atoms with Crippen molar-refractivity contribution in [3.05, 3.63) is 29.8 Å². The number of thiol groups is 1. The SMILES string of the molecule is CNc1ccc(CC(NS)C(=O)OC)cc1. The van der Waals surface area contributed by atoms with E-state index in [0.29, 0.717) is 6.42 Å². The van der Waals surface area contributed by atoms with Crippen molar-refractivity contribution in [3.63, 3.8) is 0 Å². The Morgan fingerprint density at radius 3 is 2.50 bits per heavy atom. The zero-order valence-corrected chi connectivity index (χ0v) is 10.3. The Bertz CT molecular complexity index is 340. The number of carbonyl (C=O) groups is 1. The molecule has 1 aromatic carbocycles. The lowest BCUT2D eigenvalue weighted by molar-refractivity contribution is -0.142. The quantitative estimate of drug-likeness (QED) is 0.535. The second-order valence-corrected chi connectivity index (χ2v) is 3.61. The van der Waals surface area contributed by atoms with Crippen molar-refractivity contribution >= 4 is 24.5 Å². The largest absolute Gasteiger partial charge is 0.468 e. The fourth-order valence-electron chi connectivity index (χ4n) is 1.37. The highest BCUT2D eigenvalue weighted by molar-refractivity contribution is 7.78. The molecule has 0 aromatic heterocycles. The predicted molar refractivity (Wildman–Crippen MR) is 67.6 cm³/mol. The molecular weight excluding hydrogens is 224 g/mol. The molecule has 0 amide bonds. The van der Waals surface area contributed by atoms with Crippen LogP contribution in [0.25, 0.3) is 0 Å². The molecule has 0 saturated carbocycles. The third-order valence-corrected chi connectivity index (χ3v) is 2.64. The van der Waals surface area contributed by atoms with Crippen molar-refractivity contribution in [1.29, 1.82) is 0 Å². The van der Waals surface area contributed by atoms with Gasteiger partial charge in [0.2, 0.25) is 0 Å². The molecule has 0 aliphatic carbocycles. The van der Waals surface area contributed by atoms with Crippen LogP contribution in [0, 0.1) is 0 Å². The molecule has 0 saturated heterocycles. The van der Waals surface area contributed by atoms with Crippen LogP contribution in [-0.2, 0) is 16.0 Å². The van der Waals surface area contributed by atoms with E-state index < -0.39 is 6.04 Å². The number of anilines is 1. The van der Waals surface area contributed by atoms with Gasteiger partial charge in [0.05, 0.1) is 7.11 Å². The summed E-state index contributed by atoms with van der Waals surface area (Å²) in [6, 6.07) is 7.43. The summed E-state index contributed by atoms with van der Waals surface area (Å²) >= 11 is 3.91. The summed E-state index contributed by atoms with van der Waals surface area (Å²) in [6.07, 6.45) is 0.556. The second-order valence-electron chi connectivity index (χ2n) is 3.36. The molecule has 5 heteroatoms. The van der Waals surface area contributed by atoms with E-state index >= 15 is 0 Å². The number of ether oxygens (including phenoxy) is 1. The summed E-state index contributed by atoms with van der Waals surface area (Å²) < 4.78 is 7.29. The first kappa shape index (κ1) is 12.9. The van der Waals surface area contributed by atoms with Crippen molar-refractivity contribution in [2.24, 2.45) is 0 Å². The van der Waals surface area contributed by atoms with E-state index in [9.17, 15) is 4.79 Å². The third kappa shape index (κ3) is 3.43. The summed E-state index contributed by atoms with van der Waals surface area (Å²) in [4.78, 5) is 11.3. The molecule has 1 rings (SSSR count). The Labute approximate surface area is 101 Å². The molecule has 0 aliphatic heterocycles. The maximum atomic E-state index is 11.3. The van der Waals surface area contributed by atoms with Gasteiger partial charge in [0.1, 0.15) is 6.04 Å². The number of carbonyl (C=O) groups excluding carboxylic acids is 1. The minimum Gasteiger partial charge on any atom is -0.468 e. The summed E-state index contributed by atoms with van der Waals surface area (Å²) in [6.45, 7) is 0. The molecule has 4 nitrogen and oxygen atoms in total. The molecule has 0 bridgehead atoms. The number of nitrogens with one attached hydrogen (secondary N) is 2. The summed E-state index contributed by atoms with van der Waals surface area (Å²) in [7, 11) is 3.23. The van der Waals surface area contributed by atoms with Crippen LogP contribution in [0.2, 0.25) is 0 Å². The van der Waals surface area contributed by atoms with Gasteiger partial charge in [0.15, 0.2) is 0 Å². The van der Waals surface area contributed by atoms with Gasteiger partial charge in [-0.15, -0.1) is 0 Å². The van der Waals surface area contributed by atoms with Crippen LogP contribution >= 0.6 is 12.8 Å². The zero-order chi connectivity index (χ0) is 12.0. The van der Waals surface area contributed by atoms with Crippen LogP contribution in [0.1, 0.15) is 5.56 Å². The van der Waals surface area contributed by atoms with E-state index in [0.717, 1.165) is 11.3 Å². The average molecular weight is 240 g/mol. The molecule has 0 spiro atoms. The number of hydrogen-bond donors (Lipinski definition) is 3. The van der Waals surface area contributed by atoms with Crippen molar-refractivity contribution in [3.8, 4) is 0 Å². The monoisotopic (exact) mass is 240 g/mol. The van der Waals surface area contributed by atoms with Crippen LogP contribution in [0.15, 0.2) is 24.3 Å². The van der Waals surface area contributed by atoms with Gasteiger partial charge in [-0.1, -0.05) is 24.9 Å². The molecule has 0 radical (unpaired) electrons. The molecule has 0 aliphatic rings. The lowest BCUT2D eigenvalue weighted by Crippen LogP contribution is -2.34. The highest BCUT2D eigenvalue weighted by atomic mass is 32.1. The van der Waals surface area contributed by atoms with Gasteiger partial charge in [-0.25, -0.2) is 0 Å². The minimum atomic E-state index is -0.422. The van der Waals surface area contributed by atoms with E-state index in [1.807, 2.05) is 31.3 Å². The highest BCUT2D eigenvalue weighted by Gasteiger charge is 2.17. The van der Waals surface area contributed by atoms with Crippen LogP contribution in [0.4, 0.5) is 5.69 Å². The van der Waals surface area contributed by atoms with Crippen LogP contribution in [-0.4, -0.2) is 26.2 Å². The maximum Gasteiger partial charge on any atom is 0.324 e. The summed E-state index contributed by atoms with van der Waals surface area (Å²) in [5, 5.41) is 3.03. The number of rotatable bonds is 5. The Hall–Kier alpha value is -1.20. The van der Waals surface area contributed by atoms with E-state index in [-0.39, 0.29) is 5.97 Å².